The van der Waals surface area contributed by atoms with Crippen LogP contribution < -0.4 is 0 Å². The molecule has 0 aromatic heterocycles. The summed E-state index contributed by atoms with van der Waals surface area (Å²) in [5.41, 5.74) is 0.492. The van der Waals surface area contributed by atoms with Gasteiger partial charge in [-0.1, -0.05) is 53.7 Å². The number of rotatable bonds is 5. The molecule has 4 saturated carbocycles. The summed E-state index contributed by atoms with van der Waals surface area (Å²) in [6.45, 7) is 14.5. The van der Waals surface area contributed by atoms with Crippen molar-refractivity contribution in [2.24, 2.45) is 58.2 Å². The molecule has 11 atom stereocenters. The van der Waals surface area contributed by atoms with Crippen molar-refractivity contribution in [3.05, 3.63) is 12.2 Å². The van der Waals surface area contributed by atoms with Gasteiger partial charge in [0.15, 0.2) is 0 Å². The topological polar surface area (TPSA) is 40.5 Å². The highest BCUT2D eigenvalue weighted by molar-refractivity contribution is 5.12. The normalized spacial score (nSPS) is 49.5. The summed E-state index contributed by atoms with van der Waals surface area (Å²) in [6.07, 6.45) is 15.2. The Labute approximate surface area is 192 Å². The van der Waals surface area contributed by atoms with Crippen molar-refractivity contribution in [3.63, 3.8) is 0 Å². The summed E-state index contributed by atoms with van der Waals surface area (Å²) in [6, 6.07) is 0. The van der Waals surface area contributed by atoms with Gasteiger partial charge in [-0.05, 0) is 116 Å². The number of hydrogen-bond acceptors (Lipinski definition) is 2. The van der Waals surface area contributed by atoms with E-state index >= 15 is 0 Å². The van der Waals surface area contributed by atoms with Gasteiger partial charge in [0.1, 0.15) is 0 Å². The van der Waals surface area contributed by atoms with Gasteiger partial charge >= 0.3 is 0 Å². The Bertz CT molecular complexity index is 655. The lowest BCUT2D eigenvalue weighted by Crippen LogP contribution is -2.59. The zero-order valence-electron chi connectivity index (χ0n) is 21.2. The molecule has 0 aromatic carbocycles. The molecule has 0 aliphatic heterocycles. The van der Waals surface area contributed by atoms with E-state index in [1.165, 1.54) is 44.9 Å². The quantitative estimate of drug-likeness (QED) is 0.468. The average Bonchev–Trinajstić information content (AvgIpc) is 3.06. The van der Waals surface area contributed by atoms with E-state index in [1.54, 1.807) is 0 Å². The SMILES string of the molecule is CC[C@H](/C=C/[C@@H](C)[C@H]1CC[C@H]2C3CCC4C[C@@H](O)C[C@H](O)[C@]4(C)[C@H]3CC[C@]12C)C(C)C. The van der Waals surface area contributed by atoms with Gasteiger partial charge in [0.05, 0.1) is 12.2 Å². The Hall–Kier alpha value is -0.340. The van der Waals surface area contributed by atoms with Gasteiger partial charge in [-0.3, -0.25) is 0 Å². The highest BCUT2D eigenvalue weighted by Gasteiger charge is 2.62. The van der Waals surface area contributed by atoms with E-state index in [0.29, 0.717) is 35.5 Å². The van der Waals surface area contributed by atoms with Crippen molar-refractivity contribution in [1.29, 1.82) is 0 Å². The van der Waals surface area contributed by atoms with Crippen molar-refractivity contribution in [3.8, 4) is 0 Å². The van der Waals surface area contributed by atoms with Crippen LogP contribution in [0.15, 0.2) is 12.2 Å². The number of allylic oxidation sites excluding steroid dienone is 2. The molecule has 0 saturated heterocycles. The lowest BCUT2D eigenvalue weighted by atomic mass is 9.43. The molecule has 178 valence electrons. The molecule has 2 nitrogen and oxygen atoms in total. The maximum atomic E-state index is 11.1. The first-order valence-corrected chi connectivity index (χ1v) is 13.7. The summed E-state index contributed by atoms with van der Waals surface area (Å²) < 4.78 is 0. The van der Waals surface area contributed by atoms with E-state index in [-0.39, 0.29) is 17.6 Å². The van der Waals surface area contributed by atoms with Crippen LogP contribution in [0.5, 0.6) is 0 Å². The average molecular weight is 431 g/mol. The minimum atomic E-state index is -0.320. The number of aliphatic hydroxyl groups excluding tert-OH is 2. The molecule has 4 aliphatic carbocycles. The van der Waals surface area contributed by atoms with E-state index in [1.807, 2.05) is 0 Å². The molecule has 0 aromatic rings. The second-order valence-corrected chi connectivity index (χ2v) is 12.9. The fraction of sp³-hybridized carbons (Fsp3) is 0.931. The minimum Gasteiger partial charge on any atom is -0.393 e. The van der Waals surface area contributed by atoms with Crippen LogP contribution in [0.4, 0.5) is 0 Å². The summed E-state index contributed by atoms with van der Waals surface area (Å²) in [5.74, 6) is 5.69. The predicted octanol–water partition coefficient (Wildman–Crippen LogP) is 6.85. The first-order valence-electron chi connectivity index (χ1n) is 13.7. The first kappa shape index (κ1) is 23.8. The molecule has 4 fully saturated rings. The van der Waals surface area contributed by atoms with Gasteiger partial charge in [0.25, 0.3) is 0 Å². The molecular formula is C29H50O2. The van der Waals surface area contributed by atoms with Crippen LogP contribution in [0.3, 0.4) is 0 Å². The Kier molecular flexibility index (Phi) is 6.75. The maximum absolute atomic E-state index is 11.1. The summed E-state index contributed by atoms with van der Waals surface area (Å²) in [7, 11) is 0. The summed E-state index contributed by atoms with van der Waals surface area (Å²) >= 11 is 0. The van der Waals surface area contributed by atoms with Gasteiger partial charge in [-0.25, -0.2) is 0 Å². The van der Waals surface area contributed by atoms with Gasteiger partial charge in [0, 0.05) is 0 Å². The molecule has 2 unspecified atom stereocenters. The monoisotopic (exact) mass is 430 g/mol. The van der Waals surface area contributed by atoms with Crippen molar-refractivity contribution in [2.45, 2.75) is 112 Å². The van der Waals surface area contributed by atoms with Crippen LogP contribution in [0, 0.1) is 58.2 Å². The maximum Gasteiger partial charge on any atom is 0.0623 e. The fourth-order valence-corrected chi connectivity index (χ4v) is 9.48. The molecule has 2 N–H and O–H groups in total. The third-order valence-corrected chi connectivity index (χ3v) is 11.4. The molecular weight excluding hydrogens is 380 g/mol. The van der Waals surface area contributed by atoms with Crippen molar-refractivity contribution in [2.75, 3.05) is 0 Å². The van der Waals surface area contributed by atoms with Crippen LogP contribution in [-0.2, 0) is 0 Å². The van der Waals surface area contributed by atoms with Crippen LogP contribution in [0.25, 0.3) is 0 Å². The molecule has 0 amide bonds. The highest BCUT2D eigenvalue weighted by Crippen LogP contribution is 2.68. The third-order valence-electron chi connectivity index (χ3n) is 11.4. The largest absolute Gasteiger partial charge is 0.393 e. The standard InChI is InChI=1S/C29H50O2/c1-7-20(18(2)3)9-8-19(4)24-12-13-25-23-11-10-21-16-22(30)17-27(31)29(21,6)26(23)14-15-28(24,25)5/h8-9,18-27,30-31H,7,10-17H2,1-6H3/b9-8+/t19-,20-,21?,22-,23?,24-,25+,26+,27+,28-,29+/m1/s1. The number of fused-ring (bicyclic) bond motifs is 5. The van der Waals surface area contributed by atoms with Gasteiger partial charge in [0.2, 0.25) is 0 Å². The van der Waals surface area contributed by atoms with Crippen LogP contribution >= 0.6 is 0 Å². The van der Waals surface area contributed by atoms with Crippen LogP contribution in [0.2, 0.25) is 0 Å². The number of hydrogen-bond donors (Lipinski definition) is 2. The van der Waals surface area contributed by atoms with E-state index < -0.39 is 0 Å². The van der Waals surface area contributed by atoms with Gasteiger partial charge in [-0.2, -0.15) is 0 Å². The van der Waals surface area contributed by atoms with E-state index in [0.717, 1.165) is 30.1 Å². The minimum absolute atomic E-state index is 0.0265. The number of aliphatic hydroxyl groups is 2. The van der Waals surface area contributed by atoms with Crippen LogP contribution in [-0.4, -0.2) is 22.4 Å². The fourth-order valence-electron chi connectivity index (χ4n) is 9.48. The predicted molar refractivity (Wildman–Crippen MR) is 130 cm³/mol. The van der Waals surface area contributed by atoms with Crippen molar-refractivity contribution < 1.29 is 10.2 Å². The van der Waals surface area contributed by atoms with E-state index in [4.69, 9.17) is 0 Å². The Morgan fingerprint density at radius 2 is 1.65 bits per heavy atom. The van der Waals surface area contributed by atoms with E-state index in [9.17, 15) is 10.2 Å². The molecule has 4 rings (SSSR count). The molecule has 2 heteroatoms. The van der Waals surface area contributed by atoms with Crippen LogP contribution in [0.1, 0.15) is 99.3 Å². The molecule has 0 radical (unpaired) electrons. The van der Waals surface area contributed by atoms with E-state index in [2.05, 4.69) is 53.7 Å². The third kappa shape index (κ3) is 3.86. The molecule has 4 aliphatic rings. The summed E-state index contributed by atoms with van der Waals surface area (Å²) in [4.78, 5) is 0. The highest BCUT2D eigenvalue weighted by atomic mass is 16.3. The van der Waals surface area contributed by atoms with Crippen molar-refractivity contribution >= 4 is 0 Å². The molecule has 0 heterocycles. The zero-order valence-corrected chi connectivity index (χ0v) is 21.2. The Morgan fingerprint density at radius 1 is 0.903 bits per heavy atom. The van der Waals surface area contributed by atoms with Gasteiger partial charge in [-0.15, -0.1) is 0 Å². The lowest BCUT2D eigenvalue weighted by Gasteiger charge is -2.62. The molecule has 31 heavy (non-hydrogen) atoms. The Balaban J connectivity index is 1.52. The van der Waals surface area contributed by atoms with Gasteiger partial charge < -0.3 is 10.2 Å². The second kappa shape index (κ2) is 8.79. The lowest BCUT2D eigenvalue weighted by molar-refractivity contribution is -0.181. The van der Waals surface area contributed by atoms with Crippen molar-refractivity contribution in [1.82, 2.24) is 0 Å². The second-order valence-electron chi connectivity index (χ2n) is 12.9. The zero-order chi connectivity index (χ0) is 22.6. The molecule has 0 bridgehead atoms. The summed E-state index contributed by atoms with van der Waals surface area (Å²) in [5, 5.41) is 21.4. The molecule has 0 spiro atoms. The first-order chi connectivity index (χ1) is 14.6. The smallest absolute Gasteiger partial charge is 0.0623 e. The Morgan fingerprint density at radius 3 is 2.32 bits per heavy atom.